The van der Waals surface area contributed by atoms with Crippen LogP contribution in [0.15, 0.2) is 47.4 Å². The number of nitrogens with two attached hydrogens (primary N) is 1. The van der Waals surface area contributed by atoms with Gasteiger partial charge in [-0.25, -0.2) is 27.3 Å². The zero-order chi connectivity index (χ0) is 22.8. The first-order valence-corrected chi connectivity index (χ1v) is 10.8. The molecule has 2 aromatic carbocycles. The Morgan fingerprint density at radius 3 is 2.42 bits per heavy atom. The van der Waals surface area contributed by atoms with E-state index in [-0.39, 0.29) is 11.5 Å². The number of aryl methyl sites for hydroxylation is 1. The number of rotatable bonds is 7. The predicted octanol–water partition coefficient (Wildman–Crippen LogP) is 2.15. The summed E-state index contributed by atoms with van der Waals surface area (Å²) in [6.07, 6.45) is 0. The van der Waals surface area contributed by atoms with Crippen LogP contribution in [-0.4, -0.2) is 48.4 Å². The number of nitrogens with zero attached hydrogens (tertiary/aromatic N) is 3. The molecule has 10 nitrogen and oxygen atoms in total. The SMILES string of the molecule is CCn1c(COC(=O)c2ccc(NC(N)=O)cc2)nc2cc(S(=O)(=O)N(C)C)ccc21. The fourth-order valence-electron chi connectivity index (χ4n) is 3.04. The Kier molecular flexibility index (Phi) is 6.27. The lowest BCUT2D eigenvalue weighted by Gasteiger charge is -2.11. The Balaban J connectivity index is 1.81. The van der Waals surface area contributed by atoms with Crippen molar-refractivity contribution in [1.29, 1.82) is 0 Å². The van der Waals surface area contributed by atoms with E-state index >= 15 is 0 Å². The second kappa shape index (κ2) is 8.74. The number of hydrogen-bond donors (Lipinski definition) is 2. The van der Waals surface area contributed by atoms with Crippen LogP contribution >= 0.6 is 0 Å². The molecule has 1 heterocycles. The van der Waals surface area contributed by atoms with Crippen molar-refractivity contribution in [2.75, 3.05) is 19.4 Å². The molecule has 0 aliphatic rings. The molecule has 11 heteroatoms. The smallest absolute Gasteiger partial charge is 0.338 e. The number of carbonyl (C=O) groups excluding carboxylic acids is 2. The molecular weight excluding hydrogens is 422 g/mol. The zero-order valence-corrected chi connectivity index (χ0v) is 18.1. The molecule has 31 heavy (non-hydrogen) atoms. The first-order valence-electron chi connectivity index (χ1n) is 9.38. The second-order valence-corrected chi connectivity index (χ2v) is 9.00. The van der Waals surface area contributed by atoms with Crippen molar-refractivity contribution < 1.29 is 22.7 Å². The highest BCUT2D eigenvalue weighted by Crippen LogP contribution is 2.23. The van der Waals surface area contributed by atoms with Crippen molar-refractivity contribution in [1.82, 2.24) is 13.9 Å². The lowest BCUT2D eigenvalue weighted by Crippen LogP contribution is -2.22. The van der Waals surface area contributed by atoms with Gasteiger partial charge in [0.15, 0.2) is 0 Å². The number of primary amides is 1. The highest BCUT2D eigenvalue weighted by Gasteiger charge is 2.20. The first kappa shape index (κ1) is 22.2. The number of ether oxygens (including phenoxy) is 1. The molecule has 0 saturated heterocycles. The van der Waals surface area contributed by atoms with Crippen LogP contribution in [-0.2, 0) is 27.9 Å². The number of carbonyl (C=O) groups is 2. The third-order valence-corrected chi connectivity index (χ3v) is 6.43. The van der Waals surface area contributed by atoms with E-state index in [4.69, 9.17) is 10.5 Å². The zero-order valence-electron chi connectivity index (χ0n) is 17.3. The van der Waals surface area contributed by atoms with Crippen molar-refractivity contribution in [3.63, 3.8) is 0 Å². The molecule has 0 fully saturated rings. The van der Waals surface area contributed by atoms with Crippen LogP contribution in [0, 0.1) is 0 Å². The van der Waals surface area contributed by atoms with Crippen LogP contribution in [0.3, 0.4) is 0 Å². The Morgan fingerprint density at radius 1 is 1.16 bits per heavy atom. The highest BCUT2D eigenvalue weighted by molar-refractivity contribution is 7.89. The maximum Gasteiger partial charge on any atom is 0.338 e. The van der Waals surface area contributed by atoms with Crippen molar-refractivity contribution in [2.45, 2.75) is 25.0 Å². The monoisotopic (exact) mass is 445 g/mol. The number of imidazole rings is 1. The molecular formula is C20H23N5O5S. The largest absolute Gasteiger partial charge is 0.454 e. The summed E-state index contributed by atoms with van der Waals surface area (Å²) in [5.41, 5.74) is 7.05. The number of hydrogen-bond acceptors (Lipinski definition) is 6. The molecule has 3 aromatic rings. The number of benzene rings is 2. The number of fused-ring (bicyclic) bond motifs is 1. The molecule has 3 N–H and O–H groups in total. The van der Waals surface area contributed by atoms with Gasteiger partial charge in [0.2, 0.25) is 10.0 Å². The number of nitrogens with one attached hydrogen (secondary N) is 1. The van der Waals surface area contributed by atoms with E-state index in [1.807, 2.05) is 11.5 Å². The quantitative estimate of drug-likeness (QED) is 0.535. The first-order chi connectivity index (χ1) is 14.6. The Labute approximate surface area is 179 Å². The average molecular weight is 446 g/mol. The van der Waals surface area contributed by atoms with E-state index in [2.05, 4.69) is 10.3 Å². The highest BCUT2D eigenvalue weighted by atomic mass is 32.2. The van der Waals surface area contributed by atoms with Gasteiger partial charge in [0.05, 0.1) is 21.5 Å². The topological polar surface area (TPSA) is 137 Å². The fourth-order valence-corrected chi connectivity index (χ4v) is 3.96. The third-order valence-electron chi connectivity index (χ3n) is 4.61. The molecule has 1 aromatic heterocycles. The molecule has 2 amide bonds. The lowest BCUT2D eigenvalue weighted by molar-refractivity contribution is 0.0458. The van der Waals surface area contributed by atoms with Crippen LogP contribution in [0.1, 0.15) is 23.1 Å². The third kappa shape index (κ3) is 4.67. The fraction of sp³-hybridized carbons (Fsp3) is 0.250. The summed E-state index contributed by atoms with van der Waals surface area (Å²) in [5.74, 6) is -0.0616. The van der Waals surface area contributed by atoms with E-state index in [9.17, 15) is 18.0 Å². The van der Waals surface area contributed by atoms with Crippen molar-refractivity contribution in [2.24, 2.45) is 5.73 Å². The maximum atomic E-state index is 12.4. The van der Waals surface area contributed by atoms with Gasteiger partial charge in [-0.3, -0.25) is 0 Å². The maximum absolute atomic E-state index is 12.4. The molecule has 0 atom stereocenters. The summed E-state index contributed by atoms with van der Waals surface area (Å²) in [5, 5.41) is 2.41. The predicted molar refractivity (Wildman–Crippen MR) is 115 cm³/mol. The number of aromatic nitrogens is 2. The van der Waals surface area contributed by atoms with E-state index in [0.717, 1.165) is 9.82 Å². The lowest BCUT2D eigenvalue weighted by atomic mass is 10.2. The summed E-state index contributed by atoms with van der Waals surface area (Å²) in [6, 6.07) is 10.1. The Hall–Kier alpha value is -3.44. The van der Waals surface area contributed by atoms with E-state index in [0.29, 0.717) is 29.1 Å². The van der Waals surface area contributed by atoms with Gasteiger partial charge in [0.25, 0.3) is 0 Å². The molecule has 0 radical (unpaired) electrons. The molecule has 0 bridgehead atoms. The summed E-state index contributed by atoms with van der Waals surface area (Å²) >= 11 is 0. The number of anilines is 1. The van der Waals surface area contributed by atoms with Gasteiger partial charge in [-0.05, 0) is 49.4 Å². The van der Waals surface area contributed by atoms with Crippen LogP contribution in [0.25, 0.3) is 11.0 Å². The van der Waals surface area contributed by atoms with Crippen molar-refractivity contribution >= 4 is 38.7 Å². The van der Waals surface area contributed by atoms with Gasteiger partial charge < -0.3 is 20.4 Å². The molecule has 3 rings (SSSR count). The number of sulfonamides is 1. The minimum atomic E-state index is -3.59. The van der Waals surface area contributed by atoms with Crippen LogP contribution in [0.2, 0.25) is 0 Å². The Morgan fingerprint density at radius 2 is 1.84 bits per heavy atom. The summed E-state index contributed by atoms with van der Waals surface area (Å²) in [4.78, 5) is 27.8. The molecule has 0 unspecified atom stereocenters. The van der Waals surface area contributed by atoms with Crippen molar-refractivity contribution in [3.05, 3.63) is 53.9 Å². The van der Waals surface area contributed by atoms with Gasteiger partial charge in [-0.15, -0.1) is 0 Å². The van der Waals surface area contributed by atoms with Gasteiger partial charge in [0, 0.05) is 26.3 Å². The van der Waals surface area contributed by atoms with E-state index in [1.165, 1.54) is 50.5 Å². The van der Waals surface area contributed by atoms with Crippen LogP contribution in [0.4, 0.5) is 10.5 Å². The minimum absolute atomic E-state index is 0.0849. The standard InChI is InChI=1S/C20H23N5O5S/c1-4-25-17-10-9-15(31(28,29)24(2)3)11-16(17)23-18(25)12-30-19(26)13-5-7-14(8-6-13)22-20(21)27/h5-11H,4,12H2,1-3H3,(H3,21,22,27). The normalized spacial score (nSPS) is 11.6. The molecule has 0 aliphatic carbocycles. The van der Waals surface area contributed by atoms with Crippen LogP contribution < -0.4 is 11.1 Å². The van der Waals surface area contributed by atoms with Gasteiger partial charge in [-0.2, -0.15) is 0 Å². The summed E-state index contributed by atoms with van der Waals surface area (Å²) < 4.78 is 33.1. The van der Waals surface area contributed by atoms with E-state index < -0.39 is 22.0 Å². The molecule has 0 saturated carbocycles. The molecule has 164 valence electrons. The number of urea groups is 1. The van der Waals surface area contributed by atoms with E-state index in [1.54, 1.807) is 6.07 Å². The molecule has 0 spiro atoms. The number of esters is 1. The Bertz CT molecular complexity index is 1230. The average Bonchev–Trinajstić information content (AvgIpc) is 3.08. The van der Waals surface area contributed by atoms with Gasteiger partial charge in [-0.1, -0.05) is 0 Å². The van der Waals surface area contributed by atoms with Gasteiger partial charge in [0.1, 0.15) is 12.4 Å². The summed E-state index contributed by atoms with van der Waals surface area (Å²) in [7, 11) is -0.659. The van der Waals surface area contributed by atoms with Gasteiger partial charge >= 0.3 is 12.0 Å². The van der Waals surface area contributed by atoms with Crippen molar-refractivity contribution in [3.8, 4) is 0 Å². The second-order valence-electron chi connectivity index (χ2n) is 6.85. The summed E-state index contributed by atoms with van der Waals surface area (Å²) in [6.45, 7) is 2.40. The number of amides is 2. The molecule has 0 aliphatic heterocycles. The minimum Gasteiger partial charge on any atom is -0.454 e. The van der Waals surface area contributed by atoms with Crippen LogP contribution in [0.5, 0.6) is 0 Å².